The van der Waals surface area contributed by atoms with Gasteiger partial charge in [0.1, 0.15) is 6.10 Å². The third kappa shape index (κ3) is 3.29. The Morgan fingerprint density at radius 1 is 1.52 bits per heavy atom. The first kappa shape index (κ1) is 15.7. The van der Waals surface area contributed by atoms with Crippen LogP contribution in [-0.2, 0) is 23.0 Å². The third-order valence-electron chi connectivity index (χ3n) is 4.53. The molecule has 0 saturated carbocycles. The number of nitrogens with zero attached hydrogens (tertiary/aromatic N) is 3. The van der Waals surface area contributed by atoms with Gasteiger partial charge in [-0.25, -0.2) is 0 Å². The van der Waals surface area contributed by atoms with Crippen molar-refractivity contribution in [2.24, 2.45) is 7.05 Å². The Kier molecular flexibility index (Phi) is 4.47. The van der Waals surface area contributed by atoms with E-state index in [1.54, 1.807) is 6.20 Å². The normalized spacial score (nSPS) is 20.8. The summed E-state index contributed by atoms with van der Waals surface area (Å²) in [6.07, 6.45) is 3.55. The quantitative estimate of drug-likeness (QED) is 0.871. The Labute approximate surface area is 135 Å². The number of carbonyl (C=O) groups excluding carboxylic acids is 1. The van der Waals surface area contributed by atoms with Crippen LogP contribution in [0.4, 0.5) is 0 Å². The fraction of sp³-hybridized carbons (Fsp3) is 0.562. The zero-order valence-corrected chi connectivity index (χ0v) is 13.8. The highest BCUT2D eigenvalue weighted by Crippen LogP contribution is 2.27. The highest BCUT2D eigenvalue weighted by Gasteiger charge is 2.31. The van der Waals surface area contributed by atoms with Gasteiger partial charge in [0.15, 0.2) is 0 Å². The molecule has 2 N–H and O–H groups in total. The lowest BCUT2D eigenvalue weighted by atomic mass is 10.1. The van der Waals surface area contributed by atoms with E-state index in [1.165, 1.54) is 0 Å². The highest BCUT2D eigenvalue weighted by molar-refractivity contribution is 5.76. The lowest BCUT2D eigenvalue weighted by molar-refractivity contribution is -0.122. The molecule has 2 aromatic heterocycles. The van der Waals surface area contributed by atoms with Crippen LogP contribution in [0.1, 0.15) is 41.6 Å². The minimum atomic E-state index is -0.136. The summed E-state index contributed by atoms with van der Waals surface area (Å²) in [6.45, 7) is 4.67. The van der Waals surface area contributed by atoms with Crippen molar-refractivity contribution >= 4 is 5.91 Å². The Bertz CT molecular complexity index is 677. The van der Waals surface area contributed by atoms with Crippen molar-refractivity contribution < 1.29 is 9.53 Å². The SMILES string of the molecule is Cc1nn(C)c(C)c1CCC(=O)N[C@H]1CCO[C@@H]1c1ccn[nH]1. The summed E-state index contributed by atoms with van der Waals surface area (Å²) in [5.41, 5.74) is 4.19. The number of nitrogens with one attached hydrogen (secondary N) is 2. The molecule has 1 amide bonds. The number of H-pyrrole nitrogens is 1. The maximum atomic E-state index is 12.3. The van der Waals surface area contributed by atoms with E-state index in [0.717, 1.165) is 29.1 Å². The summed E-state index contributed by atoms with van der Waals surface area (Å²) in [6, 6.07) is 1.89. The lowest BCUT2D eigenvalue weighted by Crippen LogP contribution is -2.37. The smallest absolute Gasteiger partial charge is 0.220 e. The van der Waals surface area contributed by atoms with Crippen LogP contribution in [0.2, 0.25) is 0 Å². The van der Waals surface area contributed by atoms with E-state index in [9.17, 15) is 4.79 Å². The van der Waals surface area contributed by atoms with Gasteiger partial charge in [0.25, 0.3) is 0 Å². The topological polar surface area (TPSA) is 84.8 Å². The van der Waals surface area contributed by atoms with Gasteiger partial charge in [-0.15, -0.1) is 0 Å². The molecule has 2 aromatic rings. The van der Waals surface area contributed by atoms with Gasteiger partial charge in [0.05, 0.1) is 17.4 Å². The maximum absolute atomic E-state index is 12.3. The van der Waals surface area contributed by atoms with Gasteiger partial charge >= 0.3 is 0 Å². The molecule has 0 unspecified atom stereocenters. The summed E-state index contributed by atoms with van der Waals surface area (Å²) in [4.78, 5) is 12.3. The molecule has 23 heavy (non-hydrogen) atoms. The molecule has 0 aliphatic carbocycles. The van der Waals surface area contributed by atoms with Gasteiger partial charge < -0.3 is 10.1 Å². The van der Waals surface area contributed by atoms with Crippen LogP contribution in [0.15, 0.2) is 12.3 Å². The van der Waals surface area contributed by atoms with Gasteiger partial charge in [0.2, 0.25) is 5.91 Å². The molecule has 0 radical (unpaired) electrons. The molecule has 2 atom stereocenters. The number of aryl methyl sites for hydroxylation is 2. The number of ether oxygens (including phenoxy) is 1. The highest BCUT2D eigenvalue weighted by atomic mass is 16.5. The predicted octanol–water partition coefficient (Wildman–Crippen LogP) is 1.34. The fourth-order valence-electron chi connectivity index (χ4n) is 3.17. The van der Waals surface area contributed by atoms with E-state index in [0.29, 0.717) is 19.4 Å². The molecule has 0 aromatic carbocycles. The minimum absolute atomic E-state index is 0.000887. The second-order valence-electron chi connectivity index (χ2n) is 6.04. The van der Waals surface area contributed by atoms with E-state index in [-0.39, 0.29) is 18.1 Å². The molecular weight excluding hydrogens is 294 g/mol. The van der Waals surface area contributed by atoms with Crippen molar-refractivity contribution in [3.8, 4) is 0 Å². The predicted molar refractivity (Wildman–Crippen MR) is 84.8 cm³/mol. The number of aromatic nitrogens is 4. The van der Waals surface area contributed by atoms with Crippen molar-refractivity contribution in [3.63, 3.8) is 0 Å². The van der Waals surface area contributed by atoms with E-state index in [4.69, 9.17) is 4.74 Å². The molecule has 7 heteroatoms. The van der Waals surface area contributed by atoms with E-state index >= 15 is 0 Å². The lowest BCUT2D eigenvalue weighted by Gasteiger charge is -2.18. The molecule has 0 bridgehead atoms. The molecule has 1 saturated heterocycles. The van der Waals surface area contributed by atoms with Gasteiger partial charge in [0, 0.05) is 32.0 Å². The van der Waals surface area contributed by atoms with Crippen molar-refractivity contribution in [1.82, 2.24) is 25.3 Å². The summed E-state index contributed by atoms with van der Waals surface area (Å²) in [7, 11) is 1.93. The molecule has 3 heterocycles. The average molecular weight is 317 g/mol. The molecule has 7 nitrogen and oxygen atoms in total. The van der Waals surface area contributed by atoms with Crippen LogP contribution < -0.4 is 5.32 Å². The first-order valence-corrected chi connectivity index (χ1v) is 7.95. The first-order chi connectivity index (χ1) is 11.1. The van der Waals surface area contributed by atoms with Crippen molar-refractivity contribution in [2.45, 2.75) is 45.3 Å². The standard InChI is InChI=1S/C16H23N5O2/c1-10-12(11(2)21(3)20-10)4-5-15(22)18-13-7-9-23-16(13)14-6-8-17-19-14/h6,8,13,16H,4-5,7,9H2,1-3H3,(H,17,19)(H,18,22)/t13-,16-/m0/s1. The van der Waals surface area contributed by atoms with Crippen molar-refractivity contribution in [1.29, 1.82) is 0 Å². The fourth-order valence-corrected chi connectivity index (χ4v) is 3.17. The summed E-state index contributed by atoms with van der Waals surface area (Å²) in [5.74, 6) is 0.0488. The summed E-state index contributed by atoms with van der Waals surface area (Å²) in [5, 5.41) is 14.4. The number of hydrogen-bond acceptors (Lipinski definition) is 4. The number of rotatable bonds is 5. The van der Waals surface area contributed by atoms with Crippen LogP contribution in [0, 0.1) is 13.8 Å². The van der Waals surface area contributed by atoms with Gasteiger partial charge in [-0.05, 0) is 38.3 Å². The summed E-state index contributed by atoms with van der Waals surface area (Å²) >= 11 is 0. The van der Waals surface area contributed by atoms with E-state index < -0.39 is 0 Å². The minimum Gasteiger partial charge on any atom is -0.370 e. The van der Waals surface area contributed by atoms with Gasteiger partial charge in [-0.1, -0.05) is 0 Å². The largest absolute Gasteiger partial charge is 0.370 e. The monoisotopic (exact) mass is 317 g/mol. The number of carbonyl (C=O) groups is 1. The molecule has 1 aliphatic heterocycles. The third-order valence-corrected chi connectivity index (χ3v) is 4.53. The Balaban J connectivity index is 1.57. The second kappa shape index (κ2) is 6.54. The summed E-state index contributed by atoms with van der Waals surface area (Å²) < 4.78 is 7.58. The molecular formula is C16H23N5O2. The van der Waals surface area contributed by atoms with Crippen LogP contribution in [-0.4, -0.2) is 38.5 Å². The maximum Gasteiger partial charge on any atom is 0.220 e. The molecule has 3 rings (SSSR count). The Hall–Kier alpha value is -2.15. The van der Waals surface area contributed by atoms with E-state index in [2.05, 4.69) is 20.6 Å². The van der Waals surface area contributed by atoms with Gasteiger partial charge in [-0.2, -0.15) is 10.2 Å². The zero-order valence-electron chi connectivity index (χ0n) is 13.8. The molecule has 0 spiro atoms. The van der Waals surface area contributed by atoms with Crippen LogP contribution in [0.5, 0.6) is 0 Å². The van der Waals surface area contributed by atoms with Crippen LogP contribution >= 0.6 is 0 Å². The molecule has 124 valence electrons. The van der Waals surface area contributed by atoms with Crippen molar-refractivity contribution in [3.05, 3.63) is 34.9 Å². The first-order valence-electron chi connectivity index (χ1n) is 7.95. The van der Waals surface area contributed by atoms with Crippen LogP contribution in [0.25, 0.3) is 0 Å². The Morgan fingerprint density at radius 3 is 3.00 bits per heavy atom. The zero-order chi connectivity index (χ0) is 16.4. The number of aromatic amines is 1. The average Bonchev–Trinajstić information content (AvgIpc) is 3.21. The van der Waals surface area contributed by atoms with Gasteiger partial charge in [-0.3, -0.25) is 14.6 Å². The number of hydrogen-bond donors (Lipinski definition) is 2. The van der Waals surface area contributed by atoms with E-state index in [1.807, 2.05) is 31.6 Å². The molecule has 1 fully saturated rings. The van der Waals surface area contributed by atoms with Crippen molar-refractivity contribution in [2.75, 3.05) is 6.61 Å². The van der Waals surface area contributed by atoms with Crippen LogP contribution in [0.3, 0.4) is 0 Å². The number of amides is 1. The second-order valence-corrected chi connectivity index (χ2v) is 6.04. The molecule has 1 aliphatic rings. The Morgan fingerprint density at radius 2 is 2.35 bits per heavy atom.